The standard InChI is InChI=1S/C28H30ClFN6O5S/c1-2-41-27(39)20-18(32-24(25-31-8-11-42-25)33-22(20)16-4-3-5-17(30)21(16)29)13-34-9-10-36-19(23(34)26(37)38)14-35(28(36)40)12-15-6-7-15/h3-5,8,11,15,19,22-23H,2,6-7,9-10,12-14H2,1H3,(H,32,33)(H,37,38). The summed E-state index contributed by atoms with van der Waals surface area (Å²) in [5, 5.41) is 15.7. The van der Waals surface area contributed by atoms with E-state index in [9.17, 15) is 23.9 Å². The molecule has 3 fully saturated rings. The highest BCUT2D eigenvalue weighted by Crippen LogP contribution is 2.38. The second-order valence-corrected chi connectivity index (χ2v) is 12.0. The van der Waals surface area contributed by atoms with Crippen LogP contribution in [0.5, 0.6) is 0 Å². The Morgan fingerprint density at radius 1 is 1.29 bits per heavy atom. The number of aliphatic imine (C=N–C) groups is 1. The zero-order valence-corrected chi connectivity index (χ0v) is 24.4. The van der Waals surface area contributed by atoms with E-state index in [-0.39, 0.29) is 41.9 Å². The van der Waals surface area contributed by atoms with E-state index >= 15 is 0 Å². The van der Waals surface area contributed by atoms with E-state index in [2.05, 4.69) is 10.3 Å². The number of ether oxygens (including phenoxy) is 1. The SMILES string of the molecule is CCOC(=O)C1=C(CN2CCN3C(=O)N(CC4CC4)CC3C2C(=O)O)NC(c2nccs2)=NC1c1cccc(F)c1Cl. The van der Waals surface area contributed by atoms with E-state index in [0.717, 1.165) is 12.8 Å². The number of piperazine rings is 1. The van der Waals surface area contributed by atoms with Crippen LogP contribution in [0.2, 0.25) is 5.02 Å². The van der Waals surface area contributed by atoms with Gasteiger partial charge in [0.25, 0.3) is 0 Å². The fourth-order valence-electron chi connectivity index (χ4n) is 5.92. The van der Waals surface area contributed by atoms with Crippen molar-refractivity contribution in [3.8, 4) is 0 Å². The molecule has 2 saturated heterocycles. The molecule has 2 aromatic rings. The fraction of sp³-hybridized carbons (Fsp3) is 0.464. The molecule has 3 unspecified atom stereocenters. The van der Waals surface area contributed by atoms with Gasteiger partial charge in [0.1, 0.15) is 17.9 Å². The lowest BCUT2D eigenvalue weighted by molar-refractivity contribution is -0.147. The number of urea groups is 1. The number of carbonyl (C=O) groups excluding carboxylic acids is 2. The number of carbonyl (C=O) groups is 3. The van der Waals surface area contributed by atoms with E-state index < -0.39 is 35.9 Å². The summed E-state index contributed by atoms with van der Waals surface area (Å²) in [4.78, 5) is 53.6. The molecule has 0 spiro atoms. The van der Waals surface area contributed by atoms with Gasteiger partial charge in [-0.25, -0.2) is 19.0 Å². The Kier molecular flexibility index (Phi) is 7.90. The lowest BCUT2D eigenvalue weighted by Gasteiger charge is -2.42. The molecule has 14 heteroatoms. The number of nitrogens with zero attached hydrogens (tertiary/aromatic N) is 5. The highest BCUT2D eigenvalue weighted by molar-refractivity contribution is 7.11. The molecule has 222 valence electrons. The third-order valence-corrected chi connectivity index (χ3v) is 9.21. The molecule has 2 amide bonds. The Balaban J connectivity index is 1.39. The van der Waals surface area contributed by atoms with Crippen LogP contribution < -0.4 is 5.32 Å². The summed E-state index contributed by atoms with van der Waals surface area (Å²) in [7, 11) is 0. The van der Waals surface area contributed by atoms with Gasteiger partial charge in [-0.05, 0) is 31.7 Å². The number of fused-ring (bicyclic) bond motifs is 1. The summed E-state index contributed by atoms with van der Waals surface area (Å²) in [5.41, 5.74) is 0.733. The lowest BCUT2D eigenvalue weighted by Crippen LogP contribution is -2.62. The summed E-state index contributed by atoms with van der Waals surface area (Å²) in [5.74, 6) is -1.57. The van der Waals surface area contributed by atoms with Gasteiger partial charge in [0.05, 0.1) is 23.2 Å². The first kappa shape index (κ1) is 28.6. The summed E-state index contributed by atoms with van der Waals surface area (Å²) >= 11 is 7.72. The highest BCUT2D eigenvalue weighted by atomic mass is 35.5. The number of carboxylic acids is 1. The highest BCUT2D eigenvalue weighted by Gasteiger charge is 2.50. The summed E-state index contributed by atoms with van der Waals surface area (Å²) in [6.45, 7) is 3.36. The van der Waals surface area contributed by atoms with Crippen molar-refractivity contribution in [1.29, 1.82) is 0 Å². The summed E-state index contributed by atoms with van der Waals surface area (Å²) in [6, 6.07) is 1.59. The smallest absolute Gasteiger partial charge is 0.338 e. The summed E-state index contributed by atoms with van der Waals surface area (Å²) < 4.78 is 20.0. The lowest BCUT2D eigenvalue weighted by atomic mass is 9.94. The Hall–Kier alpha value is -3.55. The van der Waals surface area contributed by atoms with Gasteiger partial charge in [0.15, 0.2) is 10.8 Å². The zero-order valence-electron chi connectivity index (χ0n) is 22.8. The number of carboxylic acid groups (broad SMARTS) is 1. The Bertz CT molecular complexity index is 1460. The van der Waals surface area contributed by atoms with Crippen LogP contribution in [0.4, 0.5) is 9.18 Å². The number of amidine groups is 1. The Morgan fingerprint density at radius 3 is 2.79 bits per heavy atom. The minimum Gasteiger partial charge on any atom is -0.480 e. The number of amides is 2. The third kappa shape index (κ3) is 5.36. The van der Waals surface area contributed by atoms with E-state index in [1.54, 1.807) is 39.3 Å². The normalized spacial score (nSPS) is 24.4. The van der Waals surface area contributed by atoms with Gasteiger partial charge in [-0.3, -0.25) is 14.7 Å². The second-order valence-electron chi connectivity index (χ2n) is 10.7. The monoisotopic (exact) mass is 616 g/mol. The van der Waals surface area contributed by atoms with Crippen molar-refractivity contribution in [2.24, 2.45) is 10.9 Å². The van der Waals surface area contributed by atoms with Crippen molar-refractivity contribution >= 4 is 46.7 Å². The van der Waals surface area contributed by atoms with Gasteiger partial charge in [-0.15, -0.1) is 11.3 Å². The molecule has 4 aliphatic rings. The molecule has 11 nitrogen and oxygen atoms in total. The van der Waals surface area contributed by atoms with E-state index in [1.807, 2.05) is 0 Å². The van der Waals surface area contributed by atoms with Crippen molar-refractivity contribution in [3.05, 3.63) is 62.5 Å². The maximum absolute atomic E-state index is 14.6. The van der Waals surface area contributed by atoms with Crippen molar-refractivity contribution in [2.75, 3.05) is 39.3 Å². The summed E-state index contributed by atoms with van der Waals surface area (Å²) in [6.07, 6.45) is 3.78. The molecular formula is C28H30ClFN6O5S. The predicted molar refractivity (Wildman–Crippen MR) is 153 cm³/mol. The van der Waals surface area contributed by atoms with Crippen LogP contribution in [0, 0.1) is 11.7 Å². The Labute approximate surface area is 250 Å². The number of aromatic nitrogens is 1. The van der Waals surface area contributed by atoms with Crippen molar-refractivity contribution in [1.82, 2.24) is 25.0 Å². The molecule has 6 rings (SSSR count). The first-order valence-electron chi connectivity index (χ1n) is 13.9. The van der Waals surface area contributed by atoms with E-state index in [1.165, 1.54) is 23.5 Å². The number of benzene rings is 1. The fourth-order valence-corrected chi connectivity index (χ4v) is 6.73. The number of thiazole rings is 1. The van der Waals surface area contributed by atoms with Crippen LogP contribution in [-0.4, -0.2) is 100 Å². The van der Waals surface area contributed by atoms with Gasteiger partial charge in [0.2, 0.25) is 0 Å². The second kappa shape index (κ2) is 11.6. The van der Waals surface area contributed by atoms with E-state index in [4.69, 9.17) is 21.3 Å². The topological polar surface area (TPSA) is 128 Å². The number of hydrogen-bond acceptors (Lipinski definition) is 9. The molecule has 0 bridgehead atoms. The molecule has 4 heterocycles. The van der Waals surface area contributed by atoms with Gasteiger partial charge in [0, 0.05) is 55.6 Å². The van der Waals surface area contributed by atoms with E-state index in [0.29, 0.717) is 42.1 Å². The number of halogens is 2. The van der Waals surface area contributed by atoms with Crippen LogP contribution in [0.1, 0.15) is 36.4 Å². The minimum absolute atomic E-state index is 0.0140. The zero-order chi connectivity index (χ0) is 29.5. The van der Waals surface area contributed by atoms with Gasteiger partial charge >= 0.3 is 18.0 Å². The average molecular weight is 617 g/mol. The van der Waals surface area contributed by atoms with Crippen LogP contribution >= 0.6 is 22.9 Å². The largest absolute Gasteiger partial charge is 0.480 e. The number of esters is 1. The molecule has 1 aromatic carbocycles. The predicted octanol–water partition coefficient (Wildman–Crippen LogP) is 3.13. The molecule has 0 radical (unpaired) electrons. The number of rotatable bonds is 9. The van der Waals surface area contributed by atoms with Crippen molar-refractivity contribution in [3.63, 3.8) is 0 Å². The molecular weight excluding hydrogens is 587 g/mol. The molecule has 3 atom stereocenters. The minimum atomic E-state index is -1.06. The molecule has 1 saturated carbocycles. The van der Waals surface area contributed by atoms with Crippen molar-refractivity contribution in [2.45, 2.75) is 37.9 Å². The average Bonchev–Trinajstić information content (AvgIpc) is 3.49. The van der Waals surface area contributed by atoms with Gasteiger partial charge < -0.3 is 25.0 Å². The maximum Gasteiger partial charge on any atom is 0.338 e. The molecule has 1 aromatic heterocycles. The number of nitrogens with one attached hydrogen (secondary N) is 1. The number of aliphatic carboxylic acids is 1. The molecule has 3 aliphatic heterocycles. The third-order valence-electron chi connectivity index (χ3n) is 8.03. The molecule has 42 heavy (non-hydrogen) atoms. The molecule has 1 aliphatic carbocycles. The first-order chi connectivity index (χ1) is 20.3. The van der Waals surface area contributed by atoms with Crippen LogP contribution in [-0.2, 0) is 14.3 Å². The van der Waals surface area contributed by atoms with Crippen LogP contribution in [0.15, 0.2) is 46.0 Å². The van der Waals surface area contributed by atoms with Crippen LogP contribution in [0.25, 0.3) is 0 Å². The quantitative estimate of drug-likeness (QED) is 0.412. The Morgan fingerprint density at radius 2 is 2.10 bits per heavy atom. The first-order valence-corrected chi connectivity index (χ1v) is 15.1. The molecule has 2 N–H and O–H groups in total. The number of hydrogen-bond donors (Lipinski definition) is 2. The van der Waals surface area contributed by atoms with Gasteiger partial charge in [-0.1, -0.05) is 23.7 Å². The van der Waals surface area contributed by atoms with Crippen LogP contribution in [0.3, 0.4) is 0 Å². The van der Waals surface area contributed by atoms with Crippen molar-refractivity contribution < 1.29 is 28.6 Å². The van der Waals surface area contributed by atoms with Gasteiger partial charge in [-0.2, -0.15) is 0 Å². The maximum atomic E-state index is 14.6.